The molecule has 5 nitrogen and oxygen atoms in total. The summed E-state index contributed by atoms with van der Waals surface area (Å²) in [5.41, 5.74) is 0. The predicted octanol–water partition coefficient (Wildman–Crippen LogP) is 0.434. The average molecular weight is 182 g/mol. The lowest BCUT2D eigenvalue weighted by molar-refractivity contribution is -0.482. The molecule has 0 aliphatic rings. The van der Waals surface area contributed by atoms with Crippen molar-refractivity contribution in [3.05, 3.63) is 10.1 Å². The van der Waals surface area contributed by atoms with Gasteiger partial charge in [0, 0.05) is 4.92 Å². The molecule has 0 spiro atoms. The number of rotatable bonds is 3. The lowest BCUT2D eigenvalue weighted by Gasteiger charge is -2.12. The highest BCUT2D eigenvalue weighted by Gasteiger charge is 2.37. The summed E-state index contributed by atoms with van der Waals surface area (Å²) >= 11 is 5.47. The van der Waals surface area contributed by atoms with Gasteiger partial charge in [-0.25, -0.2) is 4.79 Å². The van der Waals surface area contributed by atoms with Gasteiger partial charge >= 0.3 is 5.97 Å². The molecule has 0 aromatic carbocycles. The van der Waals surface area contributed by atoms with Gasteiger partial charge in [0.05, 0.1) is 7.11 Å². The van der Waals surface area contributed by atoms with Gasteiger partial charge in [-0.1, -0.05) is 11.6 Å². The molecule has 0 saturated carbocycles. The second-order valence-electron chi connectivity index (χ2n) is 2.18. The van der Waals surface area contributed by atoms with Crippen LogP contribution in [0.2, 0.25) is 0 Å². The van der Waals surface area contributed by atoms with E-state index in [9.17, 15) is 14.9 Å². The van der Waals surface area contributed by atoms with Crippen molar-refractivity contribution in [3.8, 4) is 0 Å². The first-order valence-corrected chi connectivity index (χ1v) is 3.17. The van der Waals surface area contributed by atoms with Crippen molar-refractivity contribution in [2.45, 2.75) is 11.8 Å². The first kappa shape index (κ1) is 10.2. The van der Waals surface area contributed by atoms with E-state index in [1.54, 1.807) is 0 Å². The van der Waals surface area contributed by atoms with Gasteiger partial charge in [-0.2, -0.15) is 0 Å². The lowest BCUT2D eigenvalue weighted by atomic mass is 10.2. The third-order valence-corrected chi connectivity index (χ3v) is 1.31. The molecule has 0 fully saturated rings. The summed E-state index contributed by atoms with van der Waals surface area (Å²) in [5.74, 6) is -0.795. The SMILES string of the molecule is COC(=O)C(C)(Cl)C[N+](=O)[O-]. The van der Waals surface area contributed by atoms with Gasteiger partial charge < -0.3 is 4.74 Å². The number of alkyl halides is 1. The van der Waals surface area contributed by atoms with Gasteiger partial charge in [0.15, 0.2) is 0 Å². The number of hydrogen-bond donors (Lipinski definition) is 0. The fraction of sp³-hybridized carbons (Fsp3) is 0.800. The number of carbonyl (C=O) groups is 1. The normalized spacial score (nSPS) is 15.2. The summed E-state index contributed by atoms with van der Waals surface area (Å²) in [6.45, 7) is 0.602. The van der Waals surface area contributed by atoms with Gasteiger partial charge in [-0.05, 0) is 6.92 Å². The van der Waals surface area contributed by atoms with E-state index in [2.05, 4.69) is 4.74 Å². The smallest absolute Gasteiger partial charge is 0.333 e. The Hall–Kier alpha value is -0.840. The van der Waals surface area contributed by atoms with E-state index in [4.69, 9.17) is 11.6 Å². The van der Waals surface area contributed by atoms with E-state index in [1.165, 1.54) is 6.92 Å². The van der Waals surface area contributed by atoms with Gasteiger partial charge in [0.2, 0.25) is 11.4 Å². The zero-order chi connectivity index (χ0) is 9.07. The summed E-state index contributed by atoms with van der Waals surface area (Å²) in [4.78, 5) is 18.4. The molecule has 0 aliphatic carbocycles. The second kappa shape index (κ2) is 3.52. The van der Waals surface area contributed by atoms with Gasteiger partial charge in [-0.3, -0.25) is 10.1 Å². The van der Waals surface area contributed by atoms with E-state index >= 15 is 0 Å². The fourth-order valence-corrected chi connectivity index (χ4v) is 0.695. The molecule has 1 unspecified atom stereocenters. The van der Waals surface area contributed by atoms with Crippen LogP contribution in [0.1, 0.15) is 6.92 Å². The molecule has 0 heterocycles. The lowest BCUT2D eigenvalue weighted by Crippen LogP contribution is -2.37. The first-order chi connectivity index (χ1) is 4.90. The minimum absolute atomic E-state index is 0.638. The van der Waals surface area contributed by atoms with E-state index < -0.39 is 22.3 Å². The Bertz CT molecular complexity index is 179. The maximum Gasteiger partial charge on any atom is 0.333 e. The maximum absolute atomic E-state index is 10.7. The van der Waals surface area contributed by atoms with Crippen LogP contribution in [-0.2, 0) is 9.53 Å². The van der Waals surface area contributed by atoms with Crippen LogP contribution in [-0.4, -0.2) is 29.4 Å². The van der Waals surface area contributed by atoms with Crippen molar-refractivity contribution in [1.82, 2.24) is 0 Å². The molecular formula is C5H8ClNO4. The highest BCUT2D eigenvalue weighted by atomic mass is 35.5. The molecule has 64 valence electrons. The number of esters is 1. The monoisotopic (exact) mass is 181 g/mol. The molecule has 1 atom stereocenters. The number of ether oxygens (including phenoxy) is 1. The Morgan fingerprint density at radius 2 is 2.27 bits per heavy atom. The summed E-state index contributed by atoms with van der Waals surface area (Å²) in [5, 5.41) is 9.95. The molecule has 0 aliphatic heterocycles. The third kappa shape index (κ3) is 3.18. The van der Waals surface area contributed by atoms with Crippen LogP contribution in [0, 0.1) is 10.1 Å². The van der Waals surface area contributed by atoms with E-state index in [0.717, 1.165) is 7.11 Å². The highest BCUT2D eigenvalue weighted by Crippen LogP contribution is 2.15. The molecule has 0 N–H and O–H groups in total. The van der Waals surface area contributed by atoms with Crippen molar-refractivity contribution in [1.29, 1.82) is 0 Å². The van der Waals surface area contributed by atoms with Crippen LogP contribution in [0.15, 0.2) is 0 Å². The fourth-order valence-electron chi connectivity index (χ4n) is 0.520. The van der Waals surface area contributed by atoms with E-state index in [-0.39, 0.29) is 0 Å². The zero-order valence-electron chi connectivity index (χ0n) is 6.17. The van der Waals surface area contributed by atoms with Crippen molar-refractivity contribution in [2.24, 2.45) is 0 Å². The zero-order valence-corrected chi connectivity index (χ0v) is 6.92. The molecule has 0 amide bonds. The minimum Gasteiger partial charge on any atom is -0.468 e. The van der Waals surface area contributed by atoms with Crippen molar-refractivity contribution in [2.75, 3.05) is 13.7 Å². The second-order valence-corrected chi connectivity index (χ2v) is 3.01. The van der Waals surface area contributed by atoms with Crippen LogP contribution in [0.4, 0.5) is 0 Å². The molecule has 11 heavy (non-hydrogen) atoms. The van der Waals surface area contributed by atoms with Crippen LogP contribution in [0.3, 0.4) is 0 Å². The molecule has 0 saturated heterocycles. The van der Waals surface area contributed by atoms with Gasteiger partial charge in [0.25, 0.3) is 0 Å². The Labute approximate surface area is 68.4 Å². The van der Waals surface area contributed by atoms with E-state index in [0.29, 0.717) is 0 Å². The average Bonchev–Trinajstić information content (AvgIpc) is 1.83. The van der Waals surface area contributed by atoms with Crippen LogP contribution in [0.25, 0.3) is 0 Å². The molecule has 0 aromatic rings. The summed E-state index contributed by atoms with van der Waals surface area (Å²) in [7, 11) is 1.13. The van der Waals surface area contributed by atoms with Crippen LogP contribution in [0.5, 0.6) is 0 Å². The van der Waals surface area contributed by atoms with Gasteiger partial charge in [-0.15, -0.1) is 0 Å². The Morgan fingerprint density at radius 1 is 1.82 bits per heavy atom. The molecule has 0 radical (unpaired) electrons. The quantitative estimate of drug-likeness (QED) is 0.274. The van der Waals surface area contributed by atoms with Crippen LogP contribution < -0.4 is 0 Å². The number of nitrogens with zero attached hydrogens (tertiary/aromatic N) is 1. The summed E-state index contributed by atoms with van der Waals surface area (Å²) in [6.07, 6.45) is 0. The Balaban J connectivity index is 4.21. The number of nitro groups is 1. The van der Waals surface area contributed by atoms with Crippen LogP contribution >= 0.6 is 11.6 Å². The molecule has 0 aromatic heterocycles. The summed E-state index contributed by atoms with van der Waals surface area (Å²) < 4.78 is 4.24. The highest BCUT2D eigenvalue weighted by molar-refractivity contribution is 6.33. The molecule has 6 heteroatoms. The minimum atomic E-state index is -1.56. The first-order valence-electron chi connectivity index (χ1n) is 2.79. The predicted molar refractivity (Wildman–Crippen MR) is 38.1 cm³/mol. The molecule has 0 rings (SSSR count). The summed E-state index contributed by atoms with van der Waals surface area (Å²) in [6, 6.07) is 0. The molecular weight excluding hydrogens is 174 g/mol. The largest absolute Gasteiger partial charge is 0.468 e. The van der Waals surface area contributed by atoms with Crippen molar-refractivity contribution < 1.29 is 14.5 Å². The maximum atomic E-state index is 10.7. The Kier molecular flexibility index (Phi) is 3.25. The topological polar surface area (TPSA) is 69.4 Å². The Morgan fingerprint density at radius 3 is 2.55 bits per heavy atom. The third-order valence-electron chi connectivity index (χ3n) is 1.04. The molecule has 0 bridgehead atoms. The van der Waals surface area contributed by atoms with Crippen molar-refractivity contribution >= 4 is 17.6 Å². The number of carbonyl (C=O) groups excluding carboxylic acids is 1. The van der Waals surface area contributed by atoms with E-state index in [1.807, 2.05) is 0 Å². The van der Waals surface area contributed by atoms with Gasteiger partial charge in [0.1, 0.15) is 0 Å². The van der Waals surface area contributed by atoms with Crippen molar-refractivity contribution in [3.63, 3.8) is 0 Å². The number of methoxy groups -OCH3 is 1. The number of hydrogen-bond acceptors (Lipinski definition) is 4. The number of halogens is 1. The standard InChI is InChI=1S/C5H8ClNO4/c1-5(6,3-7(9)10)4(8)11-2/h3H2,1-2H3.